The Balaban J connectivity index is 1.83. The first-order chi connectivity index (χ1) is 10.4. The first kappa shape index (κ1) is 15.2. The summed E-state index contributed by atoms with van der Waals surface area (Å²) in [5.74, 6) is 0.827. The van der Waals surface area contributed by atoms with E-state index >= 15 is 0 Å². The normalized spacial score (nSPS) is 18.9. The van der Waals surface area contributed by atoms with Crippen molar-refractivity contribution >= 4 is 17.2 Å². The number of likely N-dealkylation sites (tertiary alicyclic amines) is 1. The third-order valence-corrected chi connectivity index (χ3v) is 5.26. The molecule has 0 unspecified atom stereocenters. The summed E-state index contributed by atoms with van der Waals surface area (Å²) in [6.07, 6.45) is 3.61. The van der Waals surface area contributed by atoms with Gasteiger partial charge in [0.25, 0.3) is 5.91 Å². The molecule has 118 valence electrons. The molecule has 6 heteroatoms. The summed E-state index contributed by atoms with van der Waals surface area (Å²) >= 11 is 1.49. The number of aromatic nitrogens is 2. The zero-order valence-electron chi connectivity index (χ0n) is 13.4. The van der Waals surface area contributed by atoms with Crippen LogP contribution in [0.5, 0.6) is 0 Å². The lowest BCUT2D eigenvalue weighted by molar-refractivity contribution is 0.0719. The quantitative estimate of drug-likeness (QED) is 0.846. The number of carbonyl (C=O) groups is 1. The third-order valence-electron chi connectivity index (χ3n) is 3.85. The van der Waals surface area contributed by atoms with Gasteiger partial charge >= 0.3 is 0 Å². The van der Waals surface area contributed by atoms with Crippen LogP contribution in [0.4, 0.5) is 0 Å². The zero-order chi connectivity index (χ0) is 15.9. The third kappa shape index (κ3) is 2.79. The Morgan fingerprint density at radius 1 is 1.45 bits per heavy atom. The number of amides is 1. The van der Waals surface area contributed by atoms with Crippen LogP contribution in [-0.2, 0) is 5.41 Å². The van der Waals surface area contributed by atoms with Gasteiger partial charge in [-0.05, 0) is 19.8 Å². The second kappa shape index (κ2) is 5.50. The average molecular weight is 319 g/mol. The molecule has 1 saturated heterocycles. The van der Waals surface area contributed by atoms with Gasteiger partial charge < -0.3 is 9.42 Å². The molecule has 5 nitrogen and oxygen atoms in total. The number of nitrogens with zero attached hydrogens (tertiary/aromatic N) is 3. The number of hydrogen-bond acceptors (Lipinski definition) is 5. The van der Waals surface area contributed by atoms with Gasteiger partial charge in [-0.3, -0.25) is 4.79 Å². The minimum Gasteiger partial charge on any atom is -0.359 e. The number of rotatable bonds is 2. The van der Waals surface area contributed by atoms with E-state index in [-0.39, 0.29) is 17.4 Å². The van der Waals surface area contributed by atoms with Crippen molar-refractivity contribution in [2.45, 2.75) is 52.0 Å². The van der Waals surface area contributed by atoms with Crippen LogP contribution >= 0.6 is 11.3 Å². The first-order valence-corrected chi connectivity index (χ1v) is 8.38. The van der Waals surface area contributed by atoms with Crippen LogP contribution < -0.4 is 0 Å². The van der Waals surface area contributed by atoms with E-state index in [0.29, 0.717) is 4.88 Å². The fourth-order valence-electron chi connectivity index (χ4n) is 2.71. The smallest absolute Gasteiger partial charge is 0.266 e. The lowest BCUT2D eigenvalue weighted by Crippen LogP contribution is -2.29. The monoisotopic (exact) mass is 319 g/mol. The lowest BCUT2D eigenvalue weighted by atomic mass is 9.98. The van der Waals surface area contributed by atoms with E-state index in [1.54, 1.807) is 6.20 Å². The van der Waals surface area contributed by atoms with Gasteiger partial charge in [-0.2, -0.15) is 0 Å². The van der Waals surface area contributed by atoms with Crippen molar-refractivity contribution < 1.29 is 9.32 Å². The van der Waals surface area contributed by atoms with Gasteiger partial charge in [0.05, 0.1) is 22.9 Å². The van der Waals surface area contributed by atoms with E-state index < -0.39 is 0 Å². The van der Waals surface area contributed by atoms with Crippen molar-refractivity contribution in [1.29, 1.82) is 0 Å². The molecule has 0 radical (unpaired) electrons. The number of hydrogen-bond donors (Lipinski definition) is 0. The summed E-state index contributed by atoms with van der Waals surface area (Å²) in [7, 11) is 0. The van der Waals surface area contributed by atoms with E-state index in [1.165, 1.54) is 11.3 Å². The standard InChI is InChI=1S/C16H21N3O2S/c1-10-8-12(21-18-10)11-6-5-7-19(11)14(20)13-9-17-15(22-13)16(2,3)4/h8-9,11H,5-7H2,1-4H3/t11-/m1/s1. The highest BCUT2D eigenvalue weighted by Crippen LogP contribution is 2.35. The maximum atomic E-state index is 12.8. The summed E-state index contributed by atoms with van der Waals surface area (Å²) in [6, 6.07) is 1.91. The second-order valence-corrected chi connectivity index (χ2v) is 7.84. The minimum atomic E-state index is -0.0321. The van der Waals surface area contributed by atoms with Crippen molar-refractivity contribution in [2.24, 2.45) is 0 Å². The Hall–Kier alpha value is -1.69. The summed E-state index contributed by atoms with van der Waals surface area (Å²) < 4.78 is 5.37. The van der Waals surface area contributed by atoms with Crippen molar-refractivity contribution in [1.82, 2.24) is 15.0 Å². The molecule has 0 N–H and O–H groups in total. The van der Waals surface area contributed by atoms with Gasteiger partial charge in [-0.25, -0.2) is 4.98 Å². The Bertz CT molecular complexity index is 684. The second-order valence-electron chi connectivity index (χ2n) is 6.81. The fourth-order valence-corrected chi connectivity index (χ4v) is 3.64. The van der Waals surface area contributed by atoms with E-state index in [0.717, 1.165) is 35.8 Å². The summed E-state index contributed by atoms with van der Waals surface area (Å²) in [5, 5.41) is 4.93. The average Bonchev–Trinajstić information content (AvgIpc) is 3.16. The lowest BCUT2D eigenvalue weighted by Gasteiger charge is -2.21. The van der Waals surface area contributed by atoms with Crippen LogP contribution in [0.1, 0.15) is 65.8 Å². The SMILES string of the molecule is Cc1cc([C@H]2CCCN2C(=O)c2cnc(C(C)(C)C)s2)on1. The molecule has 1 aliphatic heterocycles. The molecular weight excluding hydrogens is 298 g/mol. The number of thiazole rings is 1. The van der Waals surface area contributed by atoms with Crippen LogP contribution in [0, 0.1) is 6.92 Å². The molecule has 1 aliphatic rings. The Labute approximate surface area is 134 Å². The molecule has 0 saturated carbocycles. The highest BCUT2D eigenvalue weighted by Gasteiger charge is 2.34. The van der Waals surface area contributed by atoms with Crippen molar-refractivity contribution in [3.63, 3.8) is 0 Å². The Kier molecular flexibility index (Phi) is 3.80. The number of carbonyl (C=O) groups excluding carboxylic acids is 1. The predicted molar refractivity (Wildman–Crippen MR) is 85.1 cm³/mol. The van der Waals surface area contributed by atoms with Gasteiger partial charge in [-0.1, -0.05) is 25.9 Å². The maximum Gasteiger partial charge on any atom is 0.266 e. The van der Waals surface area contributed by atoms with Crippen LogP contribution in [-0.4, -0.2) is 27.5 Å². The molecule has 1 amide bonds. The zero-order valence-corrected chi connectivity index (χ0v) is 14.2. The van der Waals surface area contributed by atoms with Crippen molar-refractivity contribution in [3.05, 3.63) is 33.6 Å². The van der Waals surface area contributed by atoms with E-state index in [2.05, 4.69) is 30.9 Å². The molecule has 2 aromatic rings. The highest BCUT2D eigenvalue weighted by atomic mass is 32.1. The van der Waals surface area contributed by atoms with Crippen molar-refractivity contribution in [3.8, 4) is 0 Å². The molecule has 1 fully saturated rings. The summed E-state index contributed by atoms with van der Waals surface area (Å²) in [6.45, 7) is 8.97. The largest absolute Gasteiger partial charge is 0.359 e. The highest BCUT2D eigenvalue weighted by molar-refractivity contribution is 7.13. The van der Waals surface area contributed by atoms with Gasteiger partial charge in [-0.15, -0.1) is 11.3 Å². The minimum absolute atomic E-state index is 0.00566. The van der Waals surface area contributed by atoms with Crippen molar-refractivity contribution in [2.75, 3.05) is 6.54 Å². The van der Waals surface area contributed by atoms with Gasteiger partial charge in [0.1, 0.15) is 4.88 Å². The van der Waals surface area contributed by atoms with Gasteiger partial charge in [0.15, 0.2) is 5.76 Å². The van der Waals surface area contributed by atoms with Crippen LogP contribution in [0.3, 0.4) is 0 Å². The number of aryl methyl sites for hydroxylation is 1. The van der Waals surface area contributed by atoms with Crippen LogP contribution in [0.25, 0.3) is 0 Å². The molecule has 3 rings (SSSR count). The molecule has 22 heavy (non-hydrogen) atoms. The Morgan fingerprint density at radius 3 is 2.82 bits per heavy atom. The Morgan fingerprint density at radius 2 is 2.23 bits per heavy atom. The molecule has 2 aromatic heterocycles. The predicted octanol–water partition coefficient (Wildman–Crippen LogP) is 3.71. The van der Waals surface area contributed by atoms with Crippen LogP contribution in [0.15, 0.2) is 16.8 Å². The van der Waals surface area contributed by atoms with Gasteiger partial charge in [0.2, 0.25) is 0 Å². The van der Waals surface area contributed by atoms with E-state index in [4.69, 9.17) is 4.52 Å². The topological polar surface area (TPSA) is 59.2 Å². The molecule has 0 aliphatic carbocycles. The molecular formula is C16H21N3O2S. The molecule has 0 aromatic carbocycles. The van der Waals surface area contributed by atoms with E-state index in [1.807, 2.05) is 17.9 Å². The summed E-state index contributed by atoms with van der Waals surface area (Å²) in [5.41, 5.74) is 0.817. The first-order valence-electron chi connectivity index (χ1n) is 7.57. The maximum absolute atomic E-state index is 12.8. The molecule has 1 atom stereocenters. The van der Waals surface area contributed by atoms with Crippen LogP contribution in [0.2, 0.25) is 0 Å². The molecule has 0 spiro atoms. The van der Waals surface area contributed by atoms with Gasteiger partial charge in [0, 0.05) is 18.0 Å². The van der Waals surface area contributed by atoms with E-state index in [9.17, 15) is 4.79 Å². The summed E-state index contributed by atoms with van der Waals surface area (Å²) in [4.78, 5) is 19.8. The molecule has 0 bridgehead atoms. The molecule has 3 heterocycles. The fraction of sp³-hybridized carbons (Fsp3) is 0.562.